The second-order valence-electron chi connectivity index (χ2n) is 7.37. The van der Waals surface area contributed by atoms with Gasteiger partial charge in [-0.15, -0.1) is 0 Å². The van der Waals surface area contributed by atoms with Crippen molar-refractivity contribution in [2.24, 2.45) is 0 Å². The van der Waals surface area contributed by atoms with Crippen molar-refractivity contribution in [3.05, 3.63) is 138 Å². The van der Waals surface area contributed by atoms with E-state index < -0.39 is 0 Å². The number of nitrogens with one attached hydrogen (secondary N) is 1. The molecule has 1 amide bonds. The summed E-state index contributed by atoms with van der Waals surface area (Å²) in [6, 6.07) is 36.3. The number of carbonyl (C=O) groups is 2. The van der Waals surface area contributed by atoms with Crippen molar-refractivity contribution in [1.29, 1.82) is 0 Å². The topological polar surface area (TPSA) is 46.2 Å². The lowest BCUT2D eigenvalue weighted by molar-refractivity contribution is -0.116. The first-order chi connectivity index (χ1) is 15.2. The summed E-state index contributed by atoms with van der Waals surface area (Å²) in [6.45, 7) is 0. The first-order valence-electron chi connectivity index (χ1n) is 10.3. The Morgan fingerprint density at radius 1 is 0.613 bits per heavy atom. The van der Waals surface area contributed by atoms with Crippen LogP contribution in [0.25, 0.3) is 0 Å². The number of ketones is 1. The van der Waals surface area contributed by atoms with Crippen LogP contribution in [0.4, 0.5) is 5.69 Å². The van der Waals surface area contributed by atoms with Gasteiger partial charge in [0.1, 0.15) is 0 Å². The molecular weight excluding hydrogens is 382 g/mol. The summed E-state index contributed by atoms with van der Waals surface area (Å²) in [6.07, 6.45) is 0.280. The average molecular weight is 405 g/mol. The van der Waals surface area contributed by atoms with Crippen LogP contribution in [0.1, 0.15) is 39.4 Å². The average Bonchev–Trinajstić information content (AvgIpc) is 2.84. The third-order valence-electron chi connectivity index (χ3n) is 5.28. The van der Waals surface area contributed by atoms with E-state index in [1.807, 2.05) is 91.0 Å². The zero-order valence-electron chi connectivity index (χ0n) is 17.1. The summed E-state index contributed by atoms with van der Waals surface area (Å²) in [5.74, 6) is -0.315. The molecule has 1 N–H and O–H groups in total. The van der Waals surface area contributed by atoms with Gasteiger partial charge >= 0.3 is 0 Å². The number of amides is 1. The molecule has 0 aromatic heterocycles. The van der Waals surface area contributed by atoms with Gasteiger partial charge in [0, 0.05) is 23.5 Å². The minimum absolute atomic E-state index is 0.0700. The van der Waals surface area contributed by atoms with E-state index in [0.717, 1.165) is 11.1 Å². The maximum absolute atomic E-state index is 13.1. The lowest BCUT2D eigenvalue weighted by Crippen LogP contribution is -2.18. The molecule has 0 heterocycles. The molecule has 0 saturated heterocycles. The Balaban J connectivity index is 1.57. The molecule has 152 valence electrons. The molecule has 0 aliphatic heterocycles. The van der Waals surface area contributed by atoms with Gasteiger partial charge in [-0.2, -0.15) is 0 Å². The van der Waals surface area contributed by atoms with Crippen molar-refractivity contribution in [2.45, 2.75) is 12.3 Å². The van der Waals surface area contributed by atoms with Gasteiger partial charge in [0.05, 0.1) is 5.69 Å². The number of anilines is 1. The minimum Gasteiger partial charge on any atom is -0.325 e. The number of carbonyl (C=O) groups excluding carboxylic acids is 2. The van der Waals surface area contributed by atoms with Crippen LogP contribution in [0.3, 0.4) is 0 Å². The number of benzene rings is 4. The molecule has 3 nitrogen and oxygen atoms in total. The first kappa shape index (κ1) is 20.3. The maximum Gasteiger partial charge on any atom is 0.225 e. The molecule has 0 saturated carbocycles. The van der Waals surface area contributed by atoms with E-state index in [0.29, 0.717) is 16.8 Å². The number of rotatable bonds is 7. The summed E-state index contributed by atoms with van der Waals surface area (Å²) in [5, 5.41) is 2.97. The molecule has 4 aromatic carbocycles. The molecule has 0 unspecified atom stereocenters. The van der Waals surface area contributed by atoms with E-state index in [9.17, 15) is 9.59 Å². The highest BCUT2D eigenvalue weighted by atomic mass is 16.1. The number of hydrogen-bond donors (Lipinski definition) is 1. The van der Waals surface area contributed by atoms with Gasteiger partial charge in [-0.1, -0.05) is 103 Å². The second-order valence-corrected chi connectivity index (χ2v) is 7.37. The van der Waals surface area contributed by atoms with E-state index in [2.05, 4.69) is 5.32 Å². The van der Waals surface area contributed by atoms with Gasteiger partial charge in [0.25, 0.3) is 0 Å². The van der Waals surface area contributed by atoms with Crippen LogP contribution in [-0.4, -0.2) is 11.7 Å². The summed E-state index contributed by atoms with van der Waals surface area (Å²) >= 11 is 0. The van der Waals surface area contributed by atoms with Crippen molar-refractivity contribution < 1.29 is 9.59 Å². The highest BCUT2D eigenvalue weighted by Gasteiger charge is 2.20. The van der Waals surface area contributed by atoms with Crippen molar-refractivity contribution in [3.63, 3.8) is 0 Å². The Morgan fingerprint density at radius 2 is 1.10 bits per heavy atom. The number of hydrogen-bond acceptors (Lipinski definition) is 2. The molecule has 0 aliphatic carbocycles. The lowest BCUT2D eigenvalue weighted by atomic mass is 9.88. The Morgan fingerprint density at radius 3 is 1.68 bits per heavy atom. The highest BCUT2D eigenvalue weighted by molar-refractivity contribution is 6.13. The molecule has 0 atom stereocenters. The molecule has 31 heavy (non-hydrogen) atoms. The number of para-hydroxylation sites is 1. The van der Waals surface area contributed by atoms with Gasteiger partial charge in [0.15, 0.2) is 5.78 Å². The van der Waals surface area contributed by atoms with Crippen LogP contribution in [0, 0.1) is 0 Å². The summed E-state index contributed by atoms with van der Waals surface area (Å²) in [7, 11) is 0. The van der Waals surface area contributed by atoms with Gasteiger partial charge < -0.3 is 5.32 Å². The monoisotopic (exact) mass is 405 g/mol. The van der Waals surface area contributed by atoms with Gasteiger partial charge in [0.2, 0.25) is 5.91 Å². The van der Waals surface area contributed by atoms with Crippen LogP contribution in [0.15, 0.2) is 115 Å². The molecule has 0 bridgehead atoms. The van der Waals surface area contributed by atoms with Crippen molar-refractivity contribution >= 4 is 17.4 Å². The third-order valence-corrected chi connectivity index (χ3v) is 5.28. The predicted octanol–water partition coefficient (Wildman–Crippen LogP) is 6.08. The van der Waals surface area contributed by atoms with Crippen molar-refractivity contribution in [1.82, 2.24) is 0 Å². The molecule has 4 rings (SSSR count). The minimum atomic E-state index is -0.133. The summed E-state index contributed by atoms with van der Waals surface area (Å²) in [4.78, 5) is 26.0. The van der Waals surface area contributed by atoms with Crippen LogP contribution in [-0.2, 0) is 4.79 Å². The van der Waals surface area contributed by atoms with Crippen LogP contribution >= 0.6 is 0 Å². The SMILES string of the molecule is O=C(CC(c1ccccc1)c1ccccc1)Nc1ccccc1C(=O)c1ccccc1. The molecule has 0 aliphatic rings. The molecule has 4 aromatic rings. The Kier molecular flexibility index (Phi) is 6.34. The van der Waals surface area contributed by atoms with Crippen LogP contribution in [0.5, 0.6) is 0 Å². The van der Waals surface area contributed by atoms with Crippen LogP contribution < -0.4 is 5.32 Å². The Labute approximate surface area is 182 Å². The molecule has 0 radical (unpaired) electrons. The quantitative estimate of drug-likeness (QED) is 0.379. The predicted molar refractivity (Wildman–Crippen MR) is 124 cm³/mol. The van der Waals surface area contributed by atoms with Crippen molar-refractivity contribution in [2.75, 3.05) is 5.32 Å². The first-order valence-corrected chi connectivity index (χ1v) is 10.3. The Hall–Kier alpha value is -3.98. The highest BCUT2D eigenvalue weighted by Crippen LogP contribution is 2.29. The fourth-order valence-corrected chi connectivity index (χ4v) is 3.72. The largest absolute Gasteiger partial charge is 0.325 e. The van der Waals surface area contributed by atoms with E-state index in [1.165, 1.54) is 0 Å². The Bertz CT molecular complexity index is 1120. The summed E-state index contributed by atoms with van der Waals surface area (Å²) in [5.41, 5.74) is 3.77. The summed E-state index contributed by atoms with van der Waals surface area (Å²) < 4.78 is 0. The fourth-order valence-electron chi connectivity index (χ4n) is 3.72. The smallest absolute Gasteiger partial charge is 0.225 e. The van der Waals surface area contributed by atoms with E-state index in [1.54, 1.807) is 24.3 Å². The maximum atomic E-state index is 13.1. The second kappa shape index (κ2) is 9.68. The standard InChI is InChI=1S/C28H23NO2/c30-27(20-25(21-12-4-1-5-13-21)22-14-6-2-7-15-22)29-26-19-11-10-18-24(26)28(31)23-16-8-3-9-17-23/h1-19,25H,20H2,(H,29,30). The third kappa shape index (κ3) is 4.96. The van der Waals surface area contributed by atoms with E-state index in [-0.39, 0.29) is 24.0 Å². The lowest BCUT2D eigenvalue weighted by Gasteiger charge is -2.18. The van der Waals surface area contributed by atoms with Gasteiger partial charge in [-0.05, 0) is 23.3 Å². The van der Waals surface area contributed by atoms with E-state index in [4.69, 9.17) is 0 Å². The van der Waals surface area contributed by atoms with Crippen LogP contribution in [0.2, 0.25) is 0 Å². The van der Waals surface area contributed by atoms with Gasteiger partial charge in [-0.25, -0.2) is 0 Å². The van der Waals surface area contributed by atoms with Gasteiger partial charge in [-0.3, -0.25) is 9.59 Å². The molecule has 3 heteroatoms. The zero-order chi connectivity index (χ0) is 21.5. The molecule has 0 fully saturated rings. The fraction of sp³-hybridized carbons (Fsp3) is 0.0714. The zero-order valence-corrected chi connectivity index (χ0v) is 17.1. The normalized spacial score (nSPS) is 10.6. The van der Waals surface area contributed by atoms with Crippen molar-refractivity contribution in [3.8, 4) is 0 Å². The van der Waals surface area contributed by atoms with E-state index >= 15 is 0 Å². The molecule has 0 spiro atoms. The molecular formula is C28H23NO2.